The Balaban J connectivity index is 2.37. The van der Waals surface area contributed by atoms with E-state index in [1.807, 2.05) is 13.8 Å². The summed E-state index contributed by atoms with van der Waals surface area (Å²) in [4.78, 5) is 8.04. The van der Waals surface area contributed by atoms with Crippen molar-refractivity contribution in [2.24, 2.45) is 0 Å². The maximum absolute atomic E-state index is 5.88. The molecule has 0 aliphatic rings. The van der Waals surface area contributed by atoms with Gasteiger partial charge in [0, 0.05) is 11.8 Å². The zero-order valence-electron chi connectivity index (χ0n) is 11.6. The van der Waals surface area contributed by atoms with Gasteiger partial charge < -0.3 is 4.74 Å². The van der Waals surface area contributed by atoms with Gasteiger partial charge in [0.25, 0.3) is 0 Å². The summed E-state index contributed by atoms with van der Waals surface area (Å²) in [6, 6.07) is 6.23. The first-order valence-corrected chi connectivity index (χ1v) is 6.62. The lowest BCUT2D eigenvalue weighted by molar-refractivity contribution is 0.453. The van der Waals surface area contributed by atoms with Gasteiger partial charge in [0.2, 0.25) is 11.2 Å². The van der Waals surface area contributed by atoms with Crippen molar-refractivity contribution in [3.8, 4) is 11.6 Å². The predicted octanol–water partition coefficient (Wildman–Crippen LogP) is 4.66. The molecular weight excluding hydrogens is 260 g/mol. The van der Waals surface area contributed by atoms with E-state index in [4.69, 9.17) is 16.3 Å². The molecule has 2 rings (SSSR count). The lowest BCUT2D eigenvalue weighted by Gasteiger charge is -2.13. The van der Waals surface area contributed by atoms with Gasteiger partial charge in [-0.25, -0.2) is 4.98 Å². The van der Waals surface area contributed by atoms with Crippen LogP contribution >= 0.6 is 11.6 Å². The molecule has 0 bridgehead atoms. The standard InChI is InChI=1S/C15H17ClN2O/c1-9(2)12-6-5-10(3)13(7-12)19-14-11(4)8-17-15(16)18-14/h5-9H,1-4H3. The third-order valence-corrected chi connectivity index (χ3v) is 3.16. The summed E-state index contributed by atoms with van der Waals surface area (Å²) in [5, 5.41) is 0.193. The summed E-state index contributed by atoms with van der Waals surface area (Å²) in [7, 11) is 0. The zero-order valence-corrected chi connectivity index (χ0v) is 12.3. The van der Waals surface area contributed by atoms with Crippen molar-refractivity contribution in [1.82, 2.24) is 9.97 Å². The molecule has 1 aromatic carbocycles. The quantitative estimate of drug-likeness (QED) is 0.765. The molecule has 0 atom stereocenters. The third-order valence-electron chi connectivity index (χ3n) is 2.98. The molecule has 0 unspecified atom stereocenters. The number of hydrogen-bond donors (Lipinski definition) is 0. The van der Waals surface area contributed by atoms with Crippen LogP contribution < -0.4 is 4.74 Å². The zero-order chi connectivity index (χ0) is 14.0. The van der Waals surface area contributed by atoms with Crippen molar-refractivity contribution in [2.45, 2.75) is 33.6 Å². The molecular formula is C15H17ClN2O. The number of benzene rings is 1. The monoisotopic (exact) mass is 276 g/mol. The van der Waals surface area contributed by atoms with Crippen LogP contribution in [-0.2, 0) is 0 Å². The Morgan fingerprint density at radius 2 is 1.89 bits per heavy atom. The Labute approximate surface area is 118 Å². The highest BCUT2D eigenvalue weighted by molar-refractivity contribution is 6.28. The van der Waals surface area contributed by atoms with Crippen molar-refractivity contribution in [3.05, 3.63) is 46.4 Å². The van der Waals surface area contributed by atoms with Crippen LogP contribution in [0.5, 0.6) is 11.6 Å². The lowest BCUT2D eigenvalue weighted by atomic mass is 10.0. The Kier molecular flexibility index (Phi) is 4.05. The van der Waals surface area contributed by atoms with Crippen LogP contribution in [-0.4, -0.2) is 9.97 Å². The van der Waals surface area contributed by atoms with Gasteiger partial charge >= 0.3 is 0 Å². The van der Waals surface area contributed by atoms with E-state index in [0.29, 0.717) is 11.8 Å². The molecule has 0 saturated heterocycles. The van der Waals surface area contributed by atoms with Gasteiger partial charge in [-0.3, -0.25) is 0 Å². The maximum atomic E-state index is 5.88. The van der Waals surface area contributed by atoms with E-state index >= 15 is 0 Å². The molecule has 1 aromatic heterocycles. The molecule has 0 fully saturated rings. The average molecular weight is 277 g/mol. The van der Waals surface area contributed by atoms with Gasteiger partial charge in [0.15, 0.2) is 0 Å². The molecule has 100 valence electrons. The normalized spacial score (nSPS) is 10.8. The molecule has 0 spiro atoms. The summed E-state index contributed by atoms with van der Waals surface area (Å²) >= 11 is 5.80. The Morgan fingerprint density at radius 3 is 2.58 bits per heavy atom. The number of hydrogen-bond acceptors (Lipinski definition) is 3. The minimum atomic E-state index is 0.193. The maximum Gasteiger partial charge on any atom is 0.226 e. The summed E-state index contributed by atoms with van der Waals surface area (Å²) in [5.74, 6) is 1.77. The van der Waals surface area contributed by atoms with Crippen LogP contribution in [0, 0.1) is 13.8 Å². The van der Waals surface area contributed by atoms with Gasteiger partial charge in [-0.05, 0) is 48.6 Å². The van der Waals surface area contributed by atoms with Gasteiger partial charge in [0.1, 0.15) is 5.75 Å². The highest BCUT2D eigenvalue weighted by Crippen LogP contribution is 2.29. The molecule has 0 saturated carbocycles. The molecule has 0 amide bonds. The fraction of sp³-hybridized carbons (Fsp3) is 0.333. The van der Waals surface area contributed by atoms with Gasteiger partial charge in [-0.2, -0.15) is 4.98 Å². The van der Waals surface area contributed by atoms with Gasteiger partial charge in [0.05, 0.1) is 0 Å². The van der Waals surface area contributed by atoms with E-state index in [-0.39, 0.29) is 5.28 Å². The average Bonchev–Trinajstić information content (AvgIpc) is 2.36. The molecule has 0 aliphatic carbocycles. The van der Waals surface area contributed by atoms with Gasteiger partial charge in [-0.15, -0.1) is 0 Å². The smallest absolute Gasteiger partial charge is 0.226 e. The number of aromatic nitrogens is 2. The van der Waals surface area contributed by atoms with Crippen LogP contribution in [0.2, 0.25) is 5.28 Å². The van der Waals surface area contributed by atoms with Crippen molar-refractivity contribution in [1.29, 1.82) is 0 Å². The van der Waals surface area contributed by atoms with E-state index in [1.165, 1.54) is 5.56 Å². The summed E-state index contributed by atoms with van der Waals surface area (Å²) in [6.45, 7) is 8.22. The molecule has 19 heavy (non-hydrogen) atoms. The molecule has 0 N–H and O–H groups in total. The van der Waals surface area contributed by atoms with Crippen LogP contribution in [0.1, 0.15) is 36.5 Å². The predicted molar refractivity (Wildman–Crippen MR) is 77.1 cm³/mol. The second-order valence-corrected chi connectivity index (χ2v) is 5.25. The fourth-order valence-corrected chi connectivity index (χ4v) is 1.82. The minimum Gasteiger partial charge on any atom is -0.438 e. The highest BCUT2D eigenvalue weighted by atomic mass is 35.5. The van der Waals surface area contributed by atoms with Crippen LogP contribution in [0.25, 0.3) is 0 Å². The first-order chi connectivity index (χ1) is 8.97. The van der Waals surface area contributed by atoms with E-state index in [2.05, 4.69) is 42.0 Å². The topological polar surface area (TPSA) is 35.0 Å². The summed E-state index contributed by atoms with van der Waals surface area (Å²) in [6.07, 6.45) is 1.66. The van der Waals surface area contributed by atoms with Crippen molar-refractivity contribution >= 4 is 11.6 Å². The molecule has 1 heterocycles. The first kappa shape index (κ1) is 13.8. The first-order valence-electron chi connectivity index (χ1n) is 6.25. The largest absolute Gasteiger partial charge is 0.438 e. The van der Waals surface area contributed by atoms with E-state index < -0.39 is 0 Å². The Bertz CT molecular complexity index is 597. The Morgan fingerprint density at radius 1 is 1.16 bits per heavy atom. The summed E-state index contributed by atoms with van der Waals surface area (Å²) in [5.41, 5.74) is 3.16. The van der Waals surface area contributed by atoms with Crippen LogP contribution in [0.4, 0.5) is 0 Å². The van der Waals surface area contributed by atoms with E-state index in [1.54, 1.807) is 6.20 Å². The summed E-state index contributed by atoms with van der Waals surface area (Å²) < 4.78 is 5.88. The third kappa shape index (κ3) is 3.24. The highest BCUT2D eigenvalue weighted by Gasteiger charge is 2.09. The Hall–Kier alpha value is -1.61. The van der Waals surface area contributed by atoms with Crippen molar-refractivity contribution in [2.75, 3.05) is 0 Å². The van der Waals surface area contributed by atoms with Crippen molar-refractivity contribution < 1.29 is 4.74 Å². The second kappa shape index (κ2) is 5.57. The lowest BCUT2D eigenvalue weighted by Crippen LogP contribution is -1.97. The minimum absolute atomic E-state index is 0.193. The van der Waals surface area contributed by atoms with E-state index in [0.717, 1.165) is 16.9 Å². The van der Waals surface area contributed by atoms with Gasteiger partial charge in [-0.1, -0.05) is 26.0 Å². The molecule has 4 heteroatoms. The van der Waals surface area contributed by atoms with Crippen molar-refractivity contribution in [3.63, 3.8) is 0 Å². The number of nitrogens with zero attached hydrogens (tertiary/aromatic N) is 2. The van der Waals surface area contributed by atoms with E-state index in [9.17, 15) is 0 Å². The van der Waals surface area contributed by atoms with Crippen LogP contribution in [0.15, 0.2) is 24.4 Å². The number of aryl methyl sites for hydroxylation is 2. The van der Waals surface area contributed by atoms with Crippen LogP contribution in [0.3, 0.4) is 0 Å². The number of rotatable bonds is 3. The molecule has 0 radical (unpaired) electrons. The second-order valence-electron chi connectivity index (χ2n) is 4.91. The number of ether oxygens (including phenoxy) is 1. The number of halogens is 1. The fourth-order valence-electron chi connectivity index (χ4n) is 1.70. The molecule has 3 nitrogen and oxygen atoms in total. The molecule has 0 aliphatic heterocycles. The molecule has 2 aromatic rings. The SMILES string of the molecule is Cc1ccc(C(C)C)cc1Oc1nc(Cl)ncc1C.